The van der Waals surface area contributed by atoms with E-state index in [9.17, 15) is 0 Å². The first-order chi connectivity index (χ1) is 8.44. The van der Waals surface area contributed by atoms with Gasteiger partial charge in [-0.1, -0.05) is 0 Å². The number of nitrogens with one attached hydrogen (secondary N) is 1. The summed E-state index contributed by atoms with van der Waals surface area (Å²) in [5.74, 6) is 1.05. The Bertz CT molecular complexity index is 590. The lowest BCUT2D eigenvalue weighted by Crippen LogP contribution is -2.27. The van der Waals surface area contributed by atoms with E-state index in [2.05, 4.69) is 41.2 Å². The van der Waals surface area contributed by atoms with Gasteiger partial charge in [0, 0.05) is 5.54 Å². The summed E-state index contributed by atoms with van der Waals surface area (Å²) in [6.45, 7) is 6.26. The highest BCUT2D eigenvalue weighted by Gasteiger charge is 2.27. The van der Waals surface area contributed by atoms with Crippen LogP contribution in [-0.4, -0.2) is 25.3 Å². The lowest BCUT2D eigenvalue weighted by Gasteiger charge is -2.21. The van der Waals surface area contributed by atoms with Gasteiger partial charge >= 0.3 is 0 Å². The summed E-state index contributed by atoms with van der Waals surface area (Å²) in [5, 5.41) is 8.70. The van der Waals surface area contributed by atoms with Crippen LogP contribution in [-0.2, 0) is 0 Å². The molecule has 3 rings (SSSR count). The molecular weight excluding hydrogens is 228 g/mol. The summed E-state index contributed by atoms with van der Waals surface area (Å²) in [6.07, 6.45) is 4.16. The van der Waals surface area contributed by atoms with Crippen LogP contribution in [0.5, 0.6) is 0 Å². The molecule has 0 amide bonds. The lowest BCUT2D eigenvalue weighted by molar-refractivity contribution is 0.631. The molecular formula is C12H18N6. The number of nitrogens with zero attached hydrogens (tertiary/aromatic N) is 4. The number of rotatable bonds is 2. The third-order valence-corrected chi connectivity index (χ3v) is 2.86. The number of hydrogen-bond acceptors (Lipinski definition) is 5. The number of nitrogens with two attached hydrogens (primary N) is 1. The molecule has 1 saturated carbocycles. The van der Waals surface area contributed by atoms with Gasteiger partial charge in [-0.05, 0) is 33.6 Å². The van der Waals surface area contributed by atoms with Gasteiger partial charge in [-0.15, -0.1) is 0 Å². The number of anilines is 2. The predicted octanol–water partition coefficient (Wildman–Crippen LogP) is 1.95. The van der Waals surface area contributed by atoms with E-state index in [1.807, 2.05) is 10.9 Å². The SMILES string of the molecule is CC(C)(C)Nc1nc(N)nc2c1cnn2C1CC1. The van der Waals surface area contributed by atoms with Crippen LogP contribution in [0.25, 0.3) is 11.0 Å². The number of hydrogen-bond donors (Lipinski definition) is 2. The number of fused-ring (bicyclic) bond motifs is 1. The highest BCUT2D eigenvalue weighted by Crippen LogP contribution is 2.37. The van der Waals surface area contributed by atoms with Gasteiger partial charge in [-0.25, -0.2) is 4.68 Å². The Morgan fingerprint density at radius 2 is 2.06 bits per heavy atom. The standard InChI is InChI=1S/C12H18N6/c1-12(2,3)17-9-8-6-14-18(7-4-5-7)10(8)16-11(13)15-9/h6-7H,4-5H2,1-3H3,(H3,13,15,16,17). The summed E-state index contributed by atoms with van der Waals surface area (Å²) >= 11 is 0. The molecule has 0 atom stereocenters. The second-order valence-electron chi connectivity index (χ2n) is 5.86. The minimum Gasteiger partial charge on any atom is -0.368 e. The minimum absolute atomic E-state index is 0.0740. The first-order valence-electron chi connectivity index (χ1n) is 6.23. The Labute approximate surface area is 106 Å². The van der Waals surface area contributed by atoms with E-state index in [4.69, 9.17) is 5.73 Å². The van der Waals surface area contributed by atoms with E-state index >= 15 is 0 Å². The summed E-state index contributed by atoms with van der Waals surface area (Å²) in [6, 6.07) is 0.485. The quantitative estimate of drug-likeness (QED) is 0.846. The molecule has 0 saturated heterocycles. The van der Waals surface area contributed by atoms with Gasteiger partial charge in [0.25, 0.3) is 0 Å². The molecule has 0 aliphatic heterocycles. The average molecular weight is 246 g/mol. The lowest BCUT2D eigenvalue weighted by atomic mass is 10.1. The molecule has 0 spiro atoms. The Morgan fingerprint density at radius 1 is 1.33 bits per heavy atom. The third kappa shape index (κ3) is 1.98. The van der Waals surface area contributed by atoms with Crippen LogP contribution in [0, 0.1) is 0 Å². The van der Waals surface area contributed by atoms with E-state index in [1.54, 1.807) is 0 Å². The summed E-state index contributed by atoms with van der Waals surface area (Å²) in [5.41, 5.74) is 6.55. The van der Waals surface area contributed by atoms with Crippen molar-refractivity contribution in [1.29, 1.82) is 0 Å². The molecule has 2 aromatic heterocycles. The fraction of sp³-hybridized carbons (Fsp3) is 0.583. The molecule has 18 heavy (non-hydrogen) atoms. The maximum Gasteiger partial charge on any atom is 0.224 e. The fourth-order valence-corrected chi connectivity index (χ4v) is 1.98. The molecule has 6 heteroatoms. The van der Waals surface area contributed by atoms with E-state index < -0.39 is 0 Å². The first-order valence-corrected chi connectivity index (χ1v) is 6.23. The van der Waals surface area contributed by atoms with Crippen molar-refractivity contribution in [2.24, 2.45) is 0 Å². The Balaban J connectivity index is 2.13. The van der Waals surface area contributed by atoms with Crippen molar-refractivity contribution >= 4 is 22.8 Å². The number of aromatic nitrogens is 4. The molecule has 1 aliphatic rings. The highest BCUT2D eigenvalue weighted by atomic mass is 15.3. The molecule has 0 unspecified atom stereocenters. The average Bonchev–Trinajstić information content (AvgIpc) is 2.97. The molecule has 0 aromatic carbocycles. The zero-order valence-electron chi connectivity index (χ0n) is 10.9. The van der Waals surface area contributed by atoms with Gasteiger partial charge in [0.05, 0.1) is 17.6 Å². The second kappa shape index (κ2) is 3.57. The molecule has 1 aliphatic carbocycles. The van der Waals surface area contributed by atoms with Crippen LogP contribution in [0.2, 0.25) is 0 Å². The van der Waals surface area contributed by atoms with Crippen LogP contribution in [0.15, 0.2) is 6.20 Å². The molecule has 0 bridgehead atoms. The summed E-state index contributed by atoms with van der Waals surface area (Å²) in [4.78, 5) is 8.60. The van der Waals surface area contributed by atoms with Gasteiger partial charge in [0.1, 0.15) is 5.82 Å². The zero-order chi connectivity index (χ0) is 12.9. The zero-order valence-corrected chi connectivity index (χ0v) is 10.9. The van der Waals surface area contributed by atoms with Crippen LogP contribution in [0.4, 0.5) is 11.8 Å². The van der Waals surface area contributed by atoms with E-state index in [1.165, 1.54) is 12.8 Å². The minimum atomic E-state index is -0.0740. The Hall–Kier alpha value is -1.85. The van der Waals surface area contributed by atoms with Gasteiger partial charge < -0.3 is 11.1 Å². The van der Waals surface area contributed by atoms with Crippen molar-refractivity contribution in [3.63, 3.8) is 0 Å². The van der Waals surface area contributed by atoms with Crippen LogP contribution in [0.3, 0.4) is 0 Å². The Morgan fingerprint density at radius 3 is 2.67 bits per heavy atom. The van der Waals surface area contributed by atoms with Gasteiger partial charge in [-0.2, -0.15) is 15.1 Å². The van der Waals surface area contributed by atoms with Crippen molar-refractivity contribution in [3.8, 4) is 0 Å². The second-order valence-corrected chi connectivity index (χ2v) is 5.86. The molecule has 0 radical (unpaired) electrons. The van der Waals surface area contributed by atoms with Crippen LogP contribution < -0.4 is 11.1 Å². The molecule has 96 valence electrons. The molecule has 2 aromatic rings. The largest absolute Gasteiger partial charge is 0.368 e. The van der Waals surface area contributed by atoms with Gasteiger partial charge in [0.15, 0.2) is 5.65 Å². The monoisotopic (exact) mass is 246 g/mol. The van der Waals surface area contributed by atoms with E-state index in [-0.39, 0.29) is 11.5 Å². The van der Waals surface area contributed by atoms with Crippen molar-refractivity contribution in [2.45, 2.75) is 45.2 Å². The fourth-order valence-electron chi connectivity index (χ4n) is 1.98. The highest BCUT2D eigenvalue weighted by molar-refractivity contribution is 5.87. The van der Waals surface area contributed by atoms with Crippen molar-refractivity contribution in [3.05, 3.63) is 6.20 Å². The van der Waals surface area contributed by atoms with E-state index in [0.717, 1.165) is 16.9 Å². The summed E-state index contributed by atoms with van der Waals surface area (Å²) < 4.78 is 1.96. The predicted molar refractivity (Wildman–Crippen MR) is 71.4 cm³/mol. The summed E-state index contributed by atoms with van der Waals surface area (Å²) in [7, 11) is 0. The smallest absolute Gasteiger partial charge is 0.224 e. The third-order valence-electron chi connectivity index (χ3n) is 2.86. The van der Waals surface area contributed by atoms with Crippen molar-refractivity contribution in [2.75, 3.05) is 11.1 Å². The molecule has 2 heterocycles. The molecule has 1 fully saturated rings. The van der Waals surface area contributed by atoms with Crippen molar-refractivity contribution in [1.82, 2.24) is 19.7 Å². The van der Waals surface area contributed by atoms with Gasteiger partial charge in [-0.3, -0.25) is 0 Å². The normalized spacial score (nSPS) is 16.2. The van der Waals surface area contributed by atoms with Crippen LogP contribution in [0.1, 0.15) is 39.7 Å². The maximum absolute atomic E-state index is 5.79. The van der Waals surface area contributed by atoms with Gasteiger partial charge in [0.2, 0.25) is 5.95 Å². The topological polar surface area (TPSA) is 81.7 Å². The van der Waals surface area contributed by atoms with Crippen molar-refractivity contribution < 1.29 is 0 Å². The Kier molecular flexibility index (Phi) is 2.23. The van der Waals surface area contributed by atoms with Crippen LogP contribution >= 0.6 is 0 Å². The first kappa shape index (κ1) is 11.3. The number of nitrogen functional groups attached to an aromatic ring is 1. The molecule has 6 nitrogen and oxygen atoms in total. The molecule has 3 N–H and O–H groups in total. The maximum atomic E-state index is 5.79. The van der Waals surface area contributed by atoms with E-state index in [0.29, 0.717) is 6.04 Å².